The van der Waals surface area contributed by atoms with Gasteiger partial charge in [0.05, 0.1) is 11.0 Å². The normalized spacial score (nSPS) is 11.8. The number of halogens is 1. The molecular formula is C30H17BrN2. The second kappa shape index (κ2) is 7.09. The van der Waals surface area contributed by atoms with E-state index in [1.54, 1.807) is 0 Å². The van der Waals surface area contributed by atoms with E-state index in [1.165, 1.54) is 43.4 Å². The van der Waals surface area contributed by atoms with Crippen molar-refractivity contribution in [2.45, 2.75) is 0 Å². The van der Waals surface area contributed by atoms with Gasteiger partial charge in [-0.05, 0) is 73.8 Å². The Balaban J connectivity index is 1.58. The molecule has 0 saturated heterocycles. The van der Waals surface area contributed by atoms with Crippen LogP contribution in [-0.4, -0.2) is 9.97 Å². The molecule has 0 aliphatic rings. The monoisotopic (exact) mass is 484 g/mol. The van der Waals surface area contributed by atoms with Crippen LogP contribution in [0.1, 0.15) is 0 Å². The van der Waals surface area contributed by atoms with E-state index >= 15 is 0 Å². The lowest BCUT2D eigenvalue weighted by Crippen LogP contribution is -1.89. The second-order valence-electron chi connectivity index (χ2n) is 8.39. The third kappa shape index (κ3) is 2.79. The fraction of sp³-hybridized carbons (Fsp3) is 0. The molecule has 0 atom stereocenters. The van der Waals surface area contributed by atoms with E-state index < -0.39 is 0 Å². The van der Waals surface area contributed by atoms with Crippen molar-refractivity contribution < 1.29 is 0 Å². The molecule has 0 aliphatic carbocycles. The topological polar surface area (TPSA) is 25.8 Å². The fourth-order valence-corrected chi connectivity index (χ4v) is 5.46. The van der Waals surface area contributed by atoms with Crippen LogP contribution >= 0.6 is 15.9 Å². The largest absolute Gasteiger partial charge is 0.254 e. The lowest BCUT2D eigenvalue weighted by atomic mass is 9.91. The number of pyridine rings is 2. The number of benzene rings is 5. The van der Waals surface area contributed by atoms with Gasteiger partial charge in [-0.2, -0.15) is 0 Å². The smallest absolute Gasteiger partial charge is 0.0970 e. The Labute approximate surface area is 198 Å². The number of hydrogen-bond donors (Lipinski definition) is 0. The van der Waals surface area contributed by atoms with Crippen LogP contribution in [0.15, 0.2) is 108 Å². The average molecular weight is 485 g/mol. The number of aromatic nitrogens is 2. The van der Waals surface area contributed by atoms with Crippen LogP contribution in [0.4, 0.5) is 0 Å². The van der Waals surface area contributed by atoms with Crippen LogP contribution in [-0.2, 0) is 0 Å². The highest BCUT2D eigenvalue weighted by Gasteiger charge is 2.12. The first-order valence-corrected chi connectivity index (χ1v) is 11.7. The van der Waals surface area contributed by atoms with E-state index in [-0.39, 0.29) is 0 Å². The Morgan fingerprint density at radius 1 is 0.485 bits per heavy atom. The van der Waals surface area contributed by atoms with E-state index in [0.717, 1.165) is 26.3 Å². The molecule has 154 valence electrons. The lowest BCUT2D eigenvalue weighted by Gasteiger charge is -2.13. The minimum absolute atomic E-state index is 0.943. The van der Waals surface area contributed by atoms with Crippen LogP contribution < -0.4 is 0 Å². The standard InChI is InChI=1S/C30H17BrN2/c31-20-9-12-25-24-10-8-19(16-27(24)22-5-1-2-6-23(22)28(25)17-20)21-13-15-33-30-26(21)11-7-18-4-3-14-32-29(18)30/h1-17H. The Bertz CT molecular complexity index is 1870. The van der Waals surface area contributed by atoms with Gasteiger partial charge in [-0.3, -0.25) is 9.97 Å². The zero-order valence-electron chi connectivity index (χ0n) is 17.6. The van der Waals surface area contributed by atoms with E-state index in [9.17, 15) is 0 Å². The molecule has 0 radical (unpaired) electrons. The van der Waals surface area contributed by atoms with Gasteiger partial charge in [0.25, 0.3) is 0 Å². The van der Waals surface area contributed by atoms with Crippen LogP contribution in [0.5, 0.6) is 0 Å². The first-order chi connectivity index (χ1) is 16.3. The molecule has 7 rings (SSSR count). The minimum atomic E-state index is 0.943. The Hall–Kier alpha value is -3.82. The zero-order chi connectivity index (χ0) is 21.9. The number of fused-ring (bicyclic) bond motifs is 9. The molecule has 2 nitrogen and oxygen atoms in total. The maximum atomic E-state index is 4.69. The van der Waals surface area contributed by atoms with Gasteiger partial charge in [0.2, 0.25) is 0 Å². The highest BCUT2D eigenvalue weighted by molar-refractivity contribution is 9.10. The van der Waals surface area contributed by atoms with E-state index in [4.69, 9.17) is 0 Å². The summed E-state index contributed by atoms with van der Waals surface area (Å²) in [6, 6.07) is 32.5. The highest BCUT2D eigenvalue weighted by atomic mass is 79.9. The van der Waals surface area contributed by atoms with Gasteiger partial charge in [-0.1, -0.05) is 76.6 Å². The molecule has 0 spiro atoms. The van der Waals surface area contributed by atoms with Gasteiger partial charge in [0.15, 0.2) is 0 Å². The second-order valence-corrected chi connectivity index (χ2v) is 9.31. The first-order valence-electron chi connectivity index (χ1n) is 10.9. The number of rotatable bonds is 1. The van der Waals surface area contributed by atoms with Crippen molar-refractivity contribution in [2.75, 3.05) is 0 Å². The number of hydrogen-bond acceptors (Lipinski definition) is 2. The Morgan fingerprint density at radius 3 is 2.03 bits per heavy atom. The average Bonchev–Trinajstić information content (AvgIpc) is 2.88. The molecule has 0 bridgehead atoms. The first kappa shape index (κ1) is 18.7. The number of nitrogens with zero attached hydrogens (tertiary/aromatic N) is 2. The molecule has 5 aromatic carbocycles. The Morgan fingerprint density at radius 2 is 1.18 bits per heavy atom. The SMILES string of the molecule is Brc1ccc2c3ccc(-c4ccnc5c4ccc4cccnc45)cc3c3ccccc3c2c1. The highest BCUT2D eigenvalue weighted by Crippen LogP contribution is 2.39. The van der Waals surface area contributed by atoms with Gasteiger partial charge in [0, 0.05) is 27.6 Å². The van der Waals surface area contributed by atoms with Crippen LogP contribution in [0, 0.1) is 0 Å². The van der Waals surface area contributed by atoms with Gasteiger partial charge >= 0.3 is 0 Å². The predicted octanol–water partition coefficient (Wildman–Crippen LogP) is 8.67. The summed E-state index contributed by atoms with van der Waals surface area (Å²) in [7, 11) is 0. The molecule has 0 fully saturated rings. The van der Waals surface area contributed by atoms with E-state index in [1.807, 2.05) is 18.5 Å². The summed E-state index contributed by atoms with van der Waals surface area (Å²) >= 11 is 3.65. The Kier molecular flexibility index (Phi) is 4.02. The van der Waals surface area contributed by atoms with Gasteiger partial charge in [-0.25, -0.2) is 0 Å². The third-order valence-corrected chi connectivity index (χ3v) is 7.09. The fourth-order valence-electron chi connectivity index (χ4n) is 5.10. The van der Waals surface area contributed by atoms with Crippen molar-refractivity contribution in [3.05, 3.63) is 108 Å². The molecule has 0 amide bonds. The molecule has 0 N–H and O–H groups in total. The molecule has 0 aliphatic heterocycles. The summed E-state index contributed by atoms with van der Waals surface area (Å²) in [6.45, 7) is 0. The van der Waals surface area contributed by atoms with Crippen molar-refractivity contribution in [3.63, 3.8) is 0 Å². The quantitative estimate of drug-likeness (QED) is 0.218. The summed E-state index contributed by atoms with van der Waals surface area (Å²) in [5, 5.41) is 9.85. The van der Waals surface area contributed by atoms with Gasteiger partial charge < -0.3 is 0 Å². The van der Waals surface area contributed by atoms with Crippen molar-refractivity contribution in [3.8, 4) is 11.1 Å². The summed E-state index contributed by atoms with van der Waals surface area (Å²) in [4.78, 5) is 9.30. The van der Waals surface area contributed by atoms with Crippen molar-refractivity contribution in [1.82, 2.24) is 9.97 Å². The minimum Gasteiger partial charge on any atom is -0.254 e. The van der Waals surface area contributed by atoms with Crippen LogP contribution in [0.25, 0.3) is 65.3 Å². The molecule has 7 aromatic rings. The molecule has 0 saturated carbocycles. The van der Waals surface area contributed by atoms with E-state index in [2.05, 4.69) is 111 Å². The zero-order valence-corrected chi connectivity index (χ0v) is 19.2. The summed E-state index contributed by atoms with van der Waals surface area (Å²) in [6.07, 6.45) is 3.73. The summed E-state index contributed by atoms with van der Waals surface area (Å²) in [5.74, 6) is 0. The third-order valence-electron chi connectivity index (χ3n) is 6.59. The van der Waals surface area contributed by atoms with Crippen molar-refractivity contribution >= 4 is 70.1 Å². The van der Waals surface area contributed by atoms with Crippen molar-refractivity contribution in [2.24, 2.45) is 0 Å². The van der Waals surface area contributed by atoms with Crippen molar-refractivity contribution in [1.29, 1.82) is 0 Å². The molecule has 3 heteroatoms. The molecular weight excluding hydrogens is 468 g/mol. The summed E-state index contributed by atoms with van der Waals surface area (Å²) < 4.78 is 1.10. The van der Waals surface area contributed by atoms with Gasteiger partial charge in [0.1, 0.15) is 0 Å². The molecule has 33 heavy (non-hydrogen) atoms. The molecule has 0 unspecified atom stereocenters. The van der Waals surface area contributed by atoms with Crippen LogP contribution in [0.3, 0.4) is 0 Å². The van der Waals surface area contributed by atoms with Crippen LogP contribution in [0.2, 0.25) is 0 Å². The van der Waals surface area contributed by atoms with Gasteiger partial charge in [-0.15, -0.1) is 0 Å². The summed E-state index contributed by atoms with van der Waals surface area (Å²) in [5.41, 5.74) is 4.25. The lowest BCUT2D eigenvalue weighted by molar-refractivity contribution is 1.37. The maximum Gasteiger partial charge on any atom is 0.0970 e. The predicted molar refractivity (Wildman–Crippen MR) is 143 cm³/mol. The van der Waals surface area contributed by atoms with E-state index in [0.29, 0.717) is 0 Å². The molecule has 2 heterocycles. The maximum absolute atomic E-state index is 4.69. The molecule has 2 aromatic heterocycles.